The van der Waals surface area contributed by atoms with Gasteiger partial charge in [0.1, 0.15) is 25.2 Å². The average Bonchev–Trinajstić information content (AvgIpc) is 2.88. The van der Waals surface area contributed by atoms with Crippen LogP contribution in [0.4, 0.5) is 0 Å². The molecule has 18 heavy (non-hydrogen) atoms. The van der Waals surface area contributed by atoms with E-state index in [1.165, 1.54) is 12.5 Å². The fourth-order valence-corrected chi connectivity index (χ4v) is 1.69. The Morgan fingerprint density at radius 2 is 2.17 bits per heavy atom. The first-order valence-electron chi connectivity index (χ1n) is 5.33. The summed E-state index contributed by atoms with van der Waals surface area (Å²) in [6, 6.07) is 9.01. The molecular formula is C13H11BrO4. The number of carbonyl (C=O) groups excluding carboxylic acids is 1. The summed E-state index contributed by atoms with van der Waals surface area (Å²) in [6.07, 6.45) is 2.77. The summed E-state index contributed by atoms with van der Waals surface area (Å²) >= 11 is 3.34. The van der Waals surface area contributed by atoms with Gasteiger partial charge in [-0.1, -0.05) is 22.0 Å². The quantitative estimate of drug-likeness (QED) is 0.628. The molecular weight excluding hydrogens is 300 g/mol. The number of esters is 1. The predicted molar refractivity (Wildman–Crippen MR) is 68.6 cm³/mol. The van der Waals surface area contributed by atoms with Gasteiger partial charge in [0.25, 0.3) is 0 Å². The van der Waals surface area contributed by atoms with Gasteiger partial charge in [0.15, 0.2) is 0 Å². The normalized spacial score (nSPS) is 10.1. The van der Waals surface area contributed by atoms with E-state index in [-0.39, 0.29) is 6.61 Å². The van der Waals surface area contributed by atoms with Gasteiger partial charge < -0.3 is 13.9 Å². The third kappa shape index (κ3) is 3.63. The fourth-order valence-electron chi connectivity index (χ4n) is 1.31. The summed E-state index contributed by atoms with van der Waals surface area (Å²) in [5.74, 6) is 0.310. The summed E-state index contributed by atoms with van der Waals surface area (Å²) < 4.78 is 16.2. The standard InChI is InChI=1S/C13H11BrO4/c14-11-2-1-3-12(8-11)17-6-7-18-13(15)10-4-5-16-9-10/h1-5,8-9H,6-7H2. The molecule has 0 amide bonds. The number of ether oxygens (including phenoxy) is 2. The van der Waals surface area contributed by atoms with Crippen molar-refractivity contribution < 1.29 is 18.7 Å². The van der Waals surface area contributed by atoms with E-state index in [4.69, 9.17) is 13.9 Å². The molecule has 0 spiro atoms. The van der Waals surface area contributed by atoms with Gasteiger partial charge in [-0.3, -0.25) is 0 Å². The van der Waals surface area contributed by atoms with Crippen LogP contribution in [-0.4, -0.2) is 19.2 Å². The van der Waals surface area contributed by atoms with Crippen molar-refractivity contribution in [3.05, 3.63) is 52.9 Å². The van der Waals surface area contributed by atoms with Crippen LogP contribution >= 0.6 is 15.9 Å². The summed E-state index contributed by atoms with van der Waals surface area (Å²) in [5, 5.41) is 0. The maximum absolute atomic E-state index is 11.4. The van der Waals surface area contributed by atoms with E-state index < -0.39 is 5.97 Å². The van der Waals surface area contributed by atoms with Crippen molar-refractivity contribution in [1.82, 2.24) is 0 Å². The Balaban J connectivity index is 1.72. The van der Waals surface area contributed by atoms with Crippen LogP contribution in [0.3, 0.4) is 0 Å². The van der Waals surface area contributed by atoms with Crippen molar-refractivity contribution in [2.75, 3.05) is 13.2 Å². The molecule has 0 atom stereocenters. The number of halogens is 1. The minimum atomic E-state index is -0.415. The van der Waals surface area contributed by atoms with E-state index in [2.05, 4.69) is 15.9 Å². The molecule has 0 unspecified atom stereocenters. The molecule has 0 radical (unpaired) electrons. The molecule has 0 fully saturated rings. The first-order chi connectivity index (χ1) is 8.75. The largest absolute Gasteiger partial charge is 0.490 e. The number of hydrogen-bond donors (Lipinski definition) is 0. The molecule has 0 saturated heterocycles. The lowest BCUT2D eigenvalue weighted by Crippen LogP contribution is -2.11. The van der Waals surface area contributed by atoms with Gasteiger partial charge in [0.2, 0.25) is 0 Å². The lowest BCUT2D eigenvalue weighted by molar-refractivity contribution is 0.0449. The second kappa shape index (κ2) is 6.26. The Labute approximate surface area is 113 Å². The van der Waals surface area contributed by atoms with Gasteiger partial charge >= 0.3 is 5.97 Å². The minimum Gasteiger partial charge on any atom is -0.490 e. The van der Waals surface area contributed by atoms with Gasteiger partial charge in [-0.25, -0.2) is 4.79 Å². The zero-order valence-corrected chi connectivity index (χ0v) is 11.1. The van der Waals surface area contributed by atoms with E-state index in [1.54, 1.807) is 6.07 Å². The van der Waals surface area contributed by atoms with Crippen LogP contribution in [-0.2, 0) is 4.74 Å². The Hall–Kier alpha value is -1.75. The first kappa shape index (κ1) is 12.7. The number of benzene rings is 1. The summed E-state index contributed by atoms with van der Waals surface area (Å²) in [5.41, 5.74) is 0.400. The molecule has 0 aliphatic rings. The van der Waals surface area contributed by atoms with Crippen molar-refractivity contribution in [1.29, 1.82) is 0 Å². The van der Waals surface area contributed by atoms with Crippen LogP contribution < -0.4 is 4.74 Å². The zero-order chi connectivity index (χ0) is 12.8. The molecule has 0 bridgehead atoms. The second-order valence-corrected chi connectivity index (χ2v) is 4.37. The third-order valence-corrected chi connectivity index (χ3v) is 2.63. The van der Waals surface area contributed by atoms with Crippen molar-refractivity contribution >= 4 is 21.9 Å². The van der Waals surface area contributed by atoms with Crippen LogP contribution in [0.25, 0.3) is 0 Å². The maximum Gasteiger partial charge on any atom is 0.341 e. The molecule has 5 heteroatoms. The van der Waals surface area contributed by atoms with E-state index in [0.29, 0.717) is 12.2 Å². The Morgan fingerprint density at radius 1 is 1.28 bits per heavy atom. The van der Waals surface area contributed by atoms with Gasteiger partial charge in [0, 0.05) is 4.47 Å². The maximum atomic E-state index is 11.4. The highest BCUT2D eigenvalue weighted by Crippen LogP contribution is 2.17. The lowest BCUT2D eigenvalue weighted by atomic mass is 10.3. The molecule has 0 aliphatic carbocycles. The molecule has 1 aromatic heterocycles. The average molecular weight is 311 g/mol. The van der Waals surface area contributed by atoms with Gasteiger partial charge in [-0.15, -0.1) is 0 Å². The van der Waals surface area contributed by atoms with Crippen LogP contribution in [0, 0.1) is 0 Å². The highest BCUT2D eigenvalue weighted by molar-refractivity contribution is 9.10. The lowest BCUT2D eigenvalue weighted by Gasteiger charge is -2.06. The monoisotopic (exact) mass is 310 g/mol. The topological polar surface area (TPSA) is 48.7 Å². The van der Waals surface area contributed by atoms with Crippen LogP contribution in [0.2, 0.25) is 0 Å². The molecule has 0 N–H and O–H groups in total. The van der Waals surface area contributed by atoms with Crippen LogP contribution in [0.15, 0.2) is 51.7 Å². The molecule has 4 nitrogen and oxygen atoms in total. The highest BCUT2D eigenvalue weighted by Gasteiger charge is 2.07. The predicted octanol–water partition coefficient (Wildman–Crippen LogP) is 3.28. The Morgan fingerprint density at radius 3 is 2.89 bits per heavy atom. The van der Waals surface area contributed by atoms with Crippen molar-refractivity contribution in [3.63, 3.8) is 0 Å². The van der Waals surface area contributed by atoms with E-state index in [9.17, 15) is 4.79 Å². The summed E-state index contributed by atoms with van der Waals surface area (Å²) in [7, 11) is 0. The number of carbonyl (C=O) groups is 1. The third-order valence-electron chi connectivity index (χ3n) is 2.14. The second-order valence-electron chi connectivity index (χ2n) is 3.45. The van der Waals surface area contributed by atoms with Gasteiger partial charge in [0.05, 0.1) is 11.8 Å². The Kier molecular flexibility index (Phi) is 4.41. The summed E-state index contributed by atoms with van der Waals surface area (Å²) in [6.45, 7) is 0.497. The van der Waals surface area contributed by atoms with E-state index in [1.807, 2.05) is 24.3 Å². The van der Waals surface area contributed by atoms with E-state index >= 15 is 0 Å². The molecule has 1 heterocycles. The van der Waals surface area contributed by atoms with Crippen LogP contribution in [0.5, 0.6) is 5.75 Å². The van der Waals surface area contributed by atoms with Gasteiger partial charge in [-0.2, -0.15) is 0 Å². The van der Waals surface area contributed by atoms with Crippen molar-refractivity contribution in [2.45, 2.75) is 0 Å². The van der Waals surface area contributed by atoms with Crippen molar-refractivity contribution in [2.24, 2.45) is 0 Å². The molecule has 2 rings (SSSR count). The SMILES string of the molecule is O=C(OCCOc1cccc(Br)c1)c1ccoc1. The molecule has 1 aromatic carbocycles. The summed E-state index contributed by atoms with van der Waals surface area (Å²) in [4.78, 5) is 11.4. The zero-order valence-electron chi connectivity index (χ0n) is 9.47. The first-order valence-corrected chi connectivity index (χ1v) is 6.13. The molecule has 0 saturated carbocycles. The molecule has 2 aromatic rings. The number of furan rings is 1. The highest BCUT2D eigenvalue weighted by atomic mass is 79.9. The molecule has 0 aliphatic heterocycles. The van der Waals surface area contributed by atoms with Crippen LogP contribution in [0.1, 0.15) is 10.4 Å². The molecule has 94 valence electrons. The minimum absolute atomic E-state index is 0.191. The number of hydrogen-bond acceptors (Lipinski definition) is 4. The smallest absolute Gasteiger partial charge is 0.341 e. The van der Waals surface area contributed by atoms with E-state index in [0.717, 1.165) is 10.2 Å². The van der Waals surface area contributed by atoms with Gasteiger partial charge in [-0.05, 0) is 24.3 Å². The Bertz CT molecular complexity index is 507. The fraction of sp³-hybridized carbons (Fsp3) is 0.154. The van der Waals surface area contributed by atoms with Crippen molar-refractivity contribution in [3.8, 4) is 5.75 Å². The number of rotatable bonds is 5.